The summed E-state index contributed by atoms with van der Waals surface area (Å²) in [7, 11) is 3.13. The van der Waals surface area contributed by atoms with Crippen LogP contribution in [0.5, 0.6) is 0 Å². The average molecular weight is 250 g/mol. The van der Waals surface area contributed by atoms with Gasteiger partial charge in [-0.05, 0) is 6.42 Å². The van der Waals surface area contributed by atoms with E-state index in [4.69, 9.17) is 0 Å². The van der Waals surface area contributed by atoms with Gasteiger partial charge in [0.05, 0.1) is 6.33 Å². The molecule has 0 atom stereocenters. The summed E-state index contributed by atoms with van der Waals surface area (Å²) in [6, 6.07) is 0. The molecule has 6 nitrogen and oxygen atoms in total. The summed E-state index contributed by atoms with van der Waals surface area (Å²) >= 11 is 0. The largest absolute Gasteiger partial charge is 0.332 e. The minimum atomic E-state index is -0.341. The molecule has 0 aliphatic carbocycles. The van der Waals surface area contributed by atoms with Crippen LogP contribution in [0.2, 0.25) is 0 Å². The Morgan fingerprint density at radius 3 is 2.56 bits per heavy atom. The molecule has 0 spiro atoms. The van der Waals surface area contributed by atoms with Gasteiger partial charge in [-0.1, -0.05) is 19.8 Å². The van der Waals surface area contributed by atoms with E-state index in [1.165, 1.54) is 11.6 Å². The van der Waals surface area contributed by atoms with Crippen molar-refractivity contribution in [3.05, 3.63) is 27.2 Å². The van der Waals surface area contributed by atoms with Crippen molar-refractivity contribution in [1.82, 2.24) is 18.7 Å². The van der Waals surface area contributed by atoms with E-state index in [0.29, 0.717) is 11.2 Å². The summed E-state index contributed by atoms with van der Waals surface area (Å²) in [4.78, 5) is 28.0. The predicted molar refractivity (Wildman–Crippen MR) is 69.7 cm³/mol. The summed E-state index contributed by atoms with van der Waals surface area (Å²) < 4.78 is 4.38. The molecular formula is C12H18N4O2. The van der Waals surface area contributed by atoms with Gasteiger partial charge in [0.2, 0.25) is 0 Å². The standard InChI is InChI=1S/C12H18N4O2/c1-4-5-6-7-16-8-13-10-9(16)11(17)15(3)12(18)14(10)2/h8H,4-7H2,1-3H3. The third-order valence-corrected chi connectivity index (χ3v) is 3.22. The molecule has 0 bridgehead atoms. The SMILES string of the molecule is CCCCCn1cnc2c1c(=O)n(C)c(=O)n2C. The first-order valence-electron chi connectivity index (χ1n) is 6.18. The number of hydrogen-bond acceptors (Lipinski definition) is 3. The van der Waals surface area contributed by atoms with Crippen molar-refractivity contribution in [3.8, 4) is 0 Å². The molecule has 2 aromatic heterocycles. The van der Waals surface area contributed by atoms with E-state index in [0.717, 1.165) is 30.4 Å². The van der Waals surface area contributed by atoms with Crippen LogP contribution in [-0.2, 0) is 20.6 Å². The molecule has 2 aromatic rings. The molecule has 0 fully saturated rings. The molecule has 0 radical (unpaired) electrons. The molecule has 0 amide bonds. The smallest absolute Gasteiger partial charge is 0.325 e. The second kappa shape index (κ2) is 4.80. The van der Waals surface area contributed by atoms with E-state index in [1.54, 1.807) is 13.4 Å². The van der Waals surface area contributed by atoms with Crippen LogP contribution < -0.4 is 11.2 Å². The third kappa shape index (κ3) is 1.87. The Kier molecular flexibility index (Phi) is 3.36. The first kappa shape index (κ1) is 12.6. The number of aromatic nitrogens is 4. The highest BCUT2D eigenvalue weighted by Crippen LogP contribution is 2.07. The van der Waals surface area contributed by atoms with Crippen molar-refractivity contribution in [2.24, 2.45) is 14.1 Å². The molecule has 2 rings (SSSR count). The fourth-order valence-electron chi connectivity index (χ4n) is 2.10. The van der Waals surface area contributed by atoms with Gasteiger partial charge in [0.15, 0.2) is 11.2 Å². The van der Waals surface area contributed by atoms with Crippen molar-refractivity contribution < 1.29 is 0 Å². The van der Waals surface area contributed by atoms with E-state index in [-0.39, 0.29) is 11.2 Å². The van der Waals surface area contributed by atoms with Gasteiger partial charge in [0.1, 0.15) is 0 Å². The van der Waals surface area contributed by atoms with Gasteiger partial charge in [0, 0.05) is 20.6 Å². The van der Waals surface area contributed by atoms with Crippen molar-refractivity contribution in [2.75, 3.05) is 0 Å². The van der Waals surface area contributed by atoms with Crippen molar-refractivity contribution in [1.29, 1.82) is 0 Å². The lowest BCUT2D eigenvalue weighted by atomic mass is 10.2. The molecule has 0 aliphatic rings. The fraction of sp³-hybridized carbons (Fsp3) is 0.583. The van der Waals surface area contributed by atoms with Crippen LogP contribution >= 0.6 is 0 Å². The van der Waals surface area contributed by atoms with Crippen LogP contribution in [0.3, 0.4) is 0 Å². The van der Waals surface area contributed by atoms with Gasteiger partial charge in [-0.2, -0.15) is 0 Å². The lowest BCUT2D eigenvalue weighted by Gasteiger charge is -2.06. The molecule has 0 N–H and O–H groups in total. The highest BCUT2D eigenvalue weighted by atomic mass is 16.2. The zero-order valence-electron chi connectivity index (χ0n) is 11.0. The van der Waals surface area contributed by atoms with Crippen LogP contribution in [-0.4, -0.2) is 18.7 Å². The molecule has 0 saturated heterocycles. The third-order valence-electron chi connectivity index (χ3n) is 3.22. The number of fused-ring (bicyclic) bond motifs is 1. The fourth-order valence-corrected chi connectivity index (χ4v) is 2.10. The number of aryl methyl sites for hydroxylation is 2. The van der Waals surface area contributed by atoms with Gasteiger partial charge < -0.3 is 4.57 Å². The second-order valence-corrected chi connectivity index (χ2v) is 4.52. The van der Waals surface area contributed by atoms with E-state index >= 15 is 0 Å². The quantitative estimate of drug-likeness (QED) is 0.747. The van der Waals surface area contributed by atoms with E-state index in [9.17, 15) is 9.59 Å². The average Bonchev–Trinajstić information content (AvgIpc) is 2.78. The first-order chi connectivity index (χ1) is 8.57. The normalized spacial score (nSPS) is 11.3. The summed E-state index contributed by atoms with van der Waals surface area (Å²) in [5.41, 5.74) is 0.351. The van der Waals surface area contributed by atoms with Gasteiger partial charge in [-0.3, -0.25) is 13.9 Å². The highest BCUT2D eigenvalue weighted by Gasteiger charge is 2.13. The maximum atomic E-state index is 12.1. The Morgan fingerprint density at radius 2 is 1.89 bits per heavy atom. The summed E-state index contributed by atoms with van der Waals surface area (Å²) in [6.45, 7) is 2.90. The number of nitrogens with zero attached hydrogens (tertiary/aromatic N) is 4. The van der Waals surface area contributed by atoms with E-state index in [1.807, 2.05) is 4.57 Å². The molecule has 98 valence electrons. The van der Waals surface area contributed by atoms with Crippen molar-refractivity contribution in [2.45, 2.75) is 32.7 Å². The number of hydrogen-bond donors (Lipinski definition) is 0. The van der Waals surface area contributed by atoms with Crippen LogP contribution in [0, 0.1) is 0 Å². The van der Waals surface area contributed by atoms with Gasteiger partial charge in [0.25, 0.3) is 5.56 Å². The molecule has 0 saturated carbocycles. The molecule has 0 aliphatic heterocycles. The Hall–Kier alpha value is -1.85. The van der Waals surface area contributed by atoms with Crippen molar-refractivity contribution >= 4 is 11.2 Å². The van der Waals surface area contributed by atoms with E-state index < -0.39 is 0 Å². The Labute approximate surface area is 104 Å². The molecular weight excluding hydrogens is 232 g/mol. The minimum Gasteiger partial charge on any atom is -0.325 e. The summed E-state index contributed by atoms with van der Waals surface area (Å²) in [5.74, 6) is 0. The second-order valence-electron chi connectivity index (χ2n) is 4.52. The topological polar surface area (TPSA) is 61.8 Å². The van der Waals surface area contributed by atoms with Crippen LogP contribution in [0.25, 0.3) is 11.2 Å². The lowest BCUT2D eigenvalue weighted by molar-refractivity contribution is 0.609. The Morgan fingerprint density at radius 1 is 1.17 bits per heavy atom. The van der Waals surface area contributed by atoms with Crippen LogP contribution in [0.4, 0.5) is 0 Å². The minimum absolute atomic E-state index is 0.276. The summed E-state index contributed by atoms with van der Waals surface area (Å²) in [6.07, 6.45) is 4.89. The number of rotatable bonds is 4. The maximum Gasteiger partial charge on any atom is 0.332 e. The number of unbranched alkanes of at least 4 members (excludes halogenated alkanes) is 2. The Balaban J connectivity index is 2.59. The first-order valence-corrected chi connectivity index (χ1v) is 6.18. The molecule has 6 heteroatoms. The molecule has 18 heavy (non-hydrogen) atoms. The Bertz CT molecular complexity index is 678. The molecule has 2 heterocycles. The zero-order valence-corrected chi connectivity index (χ0v) is 11.0. The monoisotopic (exact) mass is 250 g/mol. The zero-order chi connectivity index (χ0) is 13.3. The van der Waals surface area contributed by atoms with Crippen LogP contribution in [0.1, 0.15) is 26.2 Å². The molecule has 0 aromatic carbocycles. The lowest BCUT2D eigenvalue weighted by Crippen LogP contribution is -2.37. The number of imidazole rings is 1. The molecule has 0 unspecified atom stereocenters. The highest BCUT2D eigenvalue weighted by molar-refractivity contribution is 5.69. The van der Waals surface area contributed by atoms with Gasteiger partial charge in [-0.15, -0.1) is 0 Å². The van der Waals surface area contributed by atoms with Crippen LogP contribution in [0.15, 0.2) is 15.9 Å². The summed E-state index contributed by atoms with van der Waals surface area (Å²) in [5, 5.41) is 0. The van der Waals surface area contributed by atoms with Gasteiger partial charge >= 0.3 is 5.69 Å². The van der Waals surface area contributed by atoms with Gasteiger partial charge in [-0.25, -0.2) is 9.78 Å². The maximum absolute atomic E-state index is 12.1. The van der Waals surface area contributed by atoms with Crippen molar-refractivity contribution in [3.63, 3.8) is 0 Å². The van der Waals surface area contributed by atoms with E-state index in [2.05, 4.69) is 11.9 Å². The predicted octanol–water partition coefficient (Wildman–Crippen LogP) is 0.624.